The van der Waals surface area contributed by atoms with Gasteiger partial charge in [-0.2, -0.15) is 0 Å². The molecule has 0 aliphatic heterocycles. The predicted octanol–water partition coefficient (Wildman–Crippen LogP) is 0.246. The molecule has 1 aromatic carbocycles. The summed E-state index contributed by atoms with van der Waals surface area (Å²) in [4.78, 5) is 12.1. The molecule has 6 heteroatoms. The topological polar surface area (TPSA) is 85.8 Å². The molecule has 0 aliphatic carbocycles. The molecule has 1 heterocycles. The Labute approximate surface area is 111 Å². The Bertz CT molecular complexity index is 564. The van der Waals surface area contributed by atoms with E-state index in [9.17, 15) is 4.79 Å². The van der Waals surface area contributed by atoms with E-state index in [2.05, 4.69) is 15.5 Å². The Hall–Kier alpha value is -2.21. The van der Waals surface area contributed by atoms with Crippen LogP contribution in [0.4, 0.5) is 0 Å². The largest absolute Gasteiger partial charge is 0.345 e. The predicted molar refractivity (Wildman–Crippen MR) is 71.4 cm³/mol. The van der Waals surface area contributed by atoms with Crippen LogP contribution in [0.5, 0.6) is 0 Å². The molecule has 0 radical (unpaired) electrons. The Morgan fingerprint density at radius 1 is 1.42 bits per heavy atom. The Morgan fingerprint density at radius 2 is 2.21 bits per heavy atom. The van der Waals surface area contributed by atoms with E-state index in [-0.39, 0.29) is 5.91 Å². The lowest BCUT2D eigenvalue weighted by Gasteiger charge is -2.09. The van der Waals surface area contributed by atoms with Crippen LogP contribution in [0.1, 0.15) is 21.7 Å². The normalized spacial score (nSPS) is 10.4. The van der Waals surface area contributed by atoms with Gasteiger partial charge in [-0.15, -0.1) is 10.2 Å². The van der Waals surface area contributed by atoms with Crippen LogP contribution in [-0.4, -0.2) is 27.2 Å². The maximum atomic E-state index is 12.1. The molecule has 0 saturated heterocycles. The summed E-state index contributed by atoms with van der Waals surface area (Å²) in [6.07, 6.45) is 2.29. The molecule has 2 rings (SSSR count). The minimum absolute atomic E-state index is 0.118. The highest BCUT2D eigenvalue weighted by Gasteiger charge is 2.11. The van der Waals surface area contributed by atoms with E-state index in [1.54, 1.807) is 17.0 Å². The van der Waals surface area contributed by atoms with Crippen molar-refractivity contribution in [3.63, 3.8) is 0 Å². The van der Waals surface area contributed by atoms with Crippen molar-refractivity contribution < 1.29 is 4.79 Å². The molecule has 1 amide bonds. The third-order valence-corrected chi connectivity index (χ3v) is 2.89. The summed E-state index contributed by atoms with van der Waals surface area (Å²) < 4.78 is 1.77. The molecule has 1 aromatic heterocycles. The molecule has 19 heavy (non-hydrogen) atoms. The Morgan fingerprint density at radius 3 is 2.89 bits per heavy atom. The van der Waals surface area contributed by atoms with Crippen LogP contribution in [-0.2, 0) is 20.0 Å². The van der Waals surface area contributed by atoms with Crippen LogP contribution in [0, 0.1) is 0 Å². The summed E-state index contributed by atoms with van der Waals surface area (Å²) in [6, 6.07) is 7.47. The number of carbonyl (C=O) groups is 1. The van der Waals surface area contributed by atoms with Crippen LogP contribution in [0.15, 0.2) is 30.6 Å². The van der Waals surface area contributed by atoms with Gasteiger partial charge in [0.05, 0.1) is 6.54 Å². The van der Waals surface area contributed by atoms with Crippen molar-refractivity contribution in [1.82, 2.24) is 20.1 Å². The van der Waals surface area contributed by atoms with E-state index >= 15 is 0 Å². The summed E-state index contributed by atoms with van der Waals surface area (Å²) >= 11 is 0. The number of hydrogen-bond acceptors (Lipinski definition) is 4. The van der Waals surface area contributed by atoms with Gasteiger partial charge in [0.25, 0.3) is 5.91 Å². The highest BCUT2D eigenvalue weighted by Crippen LogP contribution is 2.09. The van der Waals surface area contributed by atoms with Crippen molar-refractivity contribution in [2.45, 2.75) is 13.0 Å². The number of rotatable bonds is 5. The molecule has 0 bridgehead atoms. The molecular weight excluding hydrogens is 242 g/mol. The number of nitrogens with two attached hydrogens (primary N) is 1. The van der Waals surface area contributed by atoms with Gasteiger partial charge in [0, 0.05) is 12.6 Å². The van der Waals surface area contributed by atoms with Crippen molar-refractivity contribution >= 4 is 5.91 Å². The first-order valence-corrected chi connectivity index (χ1v) is 6.11. The fraction of sp³-hybridized carbons (Fsp3) is 0.308. The van der Waals surface area contributed by atoms with Crippen molar-refractivity contribution in [3.8, 4) is 0 Å². The molecule has 6 nitrogen and oxygen atoms in total. The van der Waals surface area contributed by atoms with Crippen LogP contribution in [0.2, 0.25) is 0 Å². The van der Waals surface area contributed by atoms with Crippen molar-refractivity contribution in [3.05, 3.63) is 47.5 Å². The molecule has 0 atom stereocenters. The first-order valence-electron chi connectivity index (χ1n) is 6.11. The molecule has 0 spiro atoms. The van der Waals surface area contributed by atoms with Gasteiger partial charge in [0.1, 0.15) is 6.33 Å². The average Bonchev–Trinajstić information content (AvgIpc) is 2.82. The van der Waals surface area contributed by atoms with E-state index in [0.29, 0.717) is 30.9 Å². The molecular formula is C13H17N5O. The van der Waals surface area contributed by atoms with E-state index in [1.807, 2.05) is 25.2 Å². The van der Waals surface area contributed by atoms with Gasteiger partial charge in [-0.3, -0.25) is 4.79 Å². The molecule has 100 valence electrons. The summed E-state index contributed by atoms with van der Waals surface area (Å²) in [6.45, 7) is 0.875. The standard InChI is InChI=1S/C13H17N5O/c1-18-9-16-17-12(18)8-15-13(19)11-5-3-2-4-10(11)6-7-14/h2-5,9H,6-8,14H2,1H3,(H,15,19). The van der Waals surface area contributed by atoms with Crippen LogP contribution in [0.3, 0.4) is 0 Å². The molecule has 0 saturated carbocycles. The summed E-state index contributed by atoms with van der Waals surface area (Å²) in [7, 11) is 1.84. The first kappa shape index (κ1) is 13.2. The number of hydrogen-bond donors (Lipinski definition) is 2. The second-order valence-corrected chi connectivity index (χ2v) is 4.24. The van der Waals surface area contributed by atoms with Gasteiger partial charge in [-0.25, -0.2) is 0 Å². The van der Waals surface area contributed by atoms with Gasteiger partial charge >= 0.3 is 0 Å². The smallest absolute Gasteiger partial charge is 0.251 e. The van der Waals surface area contributed by atoms with E-state index in [0.717, 1.165) is 5.56 Å². The molecule has 2 aromatic rings. The molecule has 0 fully saturated rings. The Balaban J connectivity index is 2.06. The van der Waals surface area contributed by atoms with E-state index in [4.69, 9.17) is 5.73 Å². The fourth-order valence-electron chi connectivity index (χ4n) is 1.84. The number of benzene rings is 1. The van der Waals surface area contributed by atoms with Crippen molar-refractivity contribution in [2.75, 3.05) is 6.54 Å². The Kier molecular flexibility index (Phi) is 4.25. The second-order valence-electron chi connectivity index (χ2n) is 4.24. The third kappa shape index (κ3) is 3.17. The monoisotopic (exact) mass is 259 g/mol. The zero-order valence-corrected chi connectivity index (χ0v) is 10.8. The van der Waals surface area contributed by atoms with Crippen LogP contribution >= 0.6 is 0 Å². The quantitative estimate of drug-likeness (QED) is 0.805. The van der Waals surface area contributed by atoms with Gasteiger partial charge in [-0.05, 0) is 24.6 Å². The van der Waals surface area contributed by atoms with Crippen molar-refractivity contribution in [2.24, 2.45) is 12.8 Å². The van der Waals surface area contributed by atoms with Gasteiger partial charge in [0.2, 0.25) is 0 Å². The lowest BCUT2D eigenvalue weighted by atomic mass is 10.0. The van der Waals surface area contributed by atoms with Crippen molar-refractivity contribution in [1.29, 1.82) is 0 Å². The molecule has 0 aliphatic rings. The molecule has 3 N–H and O–H groups in total. The van der Waals surface area contributed by atoms with Gasteiger partial charge in [0.15, 0.2) is 5.82 Å². The van der Waals surface area contributed by atoms with Gasteiger partial charge < -0.3 is 15.6 Å². The minimum Gasteiger partial charge on any atom is -0.345 e. The highest BCUT2D eigenvalue weighted by atomic mass is 16.1. The SMILES string of the molecule is Cn1cnnc1CNC(=O)c1ccccc1CCN. The zero-order valence-electron chi connectivity index (χ0n) is 10.8. The lowest BCUT2D eigenvalue weighted by Crippen LogP contribution is -2.25. The average molecular weight is 259 g/mol. The van der Waals surface area contributed by atoms with E-state index < -0.39 is 0 Å². The van der Waals surface area contributed by atoms with Crippen LogP contribution in [0.25, 0.3) is 0 Å². The second kappa shape index (κ2) is 6.10. The lowest BCUT2D eigenvalue weighted by molar-refractivity contribution is 0.0948. The first-order chi connectivity index (χ1) is 9.22. The third-order valence-electron chi connectivity index (χ3n) is 2.89. The maximum Gasteiger partial charge on any atom is 0.251 e. The molecule has 0 unspecified atom stereocenters. The fourth-order valence-corrected chi connectivity index (χ4v) is 1.84. The highest BCUT2D eigenvalue weighted by molar-refractivity contribution is 5.95. The van der Waals surface area contributed by atoms with Crippen LogP contribution < -0.4 is 11.1 Å². The van der Waals surface area contributed by atoms with Gasteiger partial charge in [-0.1, -0.05) is 18.2 Å². The number of carbonyl (C=O) groups excluding carboxylic acids is 1. The minimum atomic E-state index is -0.118. The zero-order chi connectivity index (χ0) is 13.7. The summed E-state index contributed by atoms with van der Waals surface area (Å²) in [5.74, 6) is 0.594. The number of amides is 1. The number of nitrogens with zero attached hydrogens (tertiary/aromatic N) is 3. The number of nitrogens with one attached hydrogen (secondary N) is 1. The number of aryl methyl sites for hydroxylation is 1. The summed E-state index contributed by atoms with van der Waals surface area (Å²) in [5, 5.41) is 10.5. The summed E-state index contributed by atoms with van der Waals surface area (Å²) in [5.41, 5.74) is 7.17. The maximum absolute atomic E-state index is 12.1. The van der Waals surface area contributed by atoms with E-state index in [1.165, 1.54) is 0 Å². The number of aromatic nitrogens is 3.